The number of aliphatic hydroxyl groups excluding tert-OH is 1. The summed E-state index contributed by atoms with van der Waals surface area (Å²) in [5, 5.41) is 17.5. The van der Waals surface area contributed by atoms with Crippen molar-refractivity contribution in [3.05, 3.63) is 30.0 Å². The highest BCUT2D eigenvalue weighted by Crippen LogP contribution is 2.17. The number of rotatable bonds is 4. The molecule has 1 amide bonds. The van der Waals surface area contributed by atoms with Crippen LogP contribution in [0, 0.1) is 5.92 Å². The molecule has 5 nitrogen and oxygen atoms in total. The lowest BCUT2D eigenvalue weighted by Crippen LogP contribution is -2.35. The first-order valence-corrected chi connectivity index (χ1v) is 6.38. The molecule has 2 aromatic rings. The van der Waals surface area contributed by atoms with Gasteiger partial charge < -0.3 is 10.4 Å². The maximum Gasteiger partial charge on any atom is 0.272 e. The van der Waals surface area contributed by atoms with Gasteiger partial charge in [0.25, 0.3) is 5.91 Å². The molecule has 1 heterocycles. The zero-order valence-electron chi connectivity index (χ0n) is 11.4. The largest absolute Gasteiger partial charge is 0.391 e. The lowest BCUT2D eigenvalue weighted by Gasteiger charge is -2.14. The fourth-order valence-corrected chi connectivity index (χ4v) is 1.90. The van der Waals surface area contributed by atoms with E-state index in [0.29, 0.717) is 5.69 Å². The predicted molar refractivity (Wildman–Crippen MR) is 73.9 cm³/mol. The van der Waals surface area contributed by atoms with E-state index in [2.05, 4.69) is 10.4 Å². The molecule has 0 bridgehead atoms. The van der Waals surface area contributed by atoms with Crippen molar-refractivity contribution in [1.29, 1.82) is 0 Å². The van der Waals surface area contributed by atoms with Gasteiger partial charge in [-0.2, -0.15) is 5.10 Å². The van der Waals surface area contributed by atoms with Gasteiger partial charge in [-0.1, -0.05) is 32.0 Å². The van der Waals surface area contributed by atoms with Crippen molar-refractivity contribution in [2.45, 2.75) is 20.0 Å². The van der Waals surface area contributed by atoms with Crippen LogP contribution in [0.4, 0.5) is 0 Å². The number of aliphatic hydroxyl groups is 1. The number of carbonyl (C=O) groups is 1. The summed E-state index contributed by atoms with van der Waals surface area (Å²) < 4.78 is 1.68. The molecule has 1 aromatic carbocycles. The minimum atomic E-state index is -0.543. The average Bonchev–Trinajstić information content (AvgIpc) is 2.73. The number of para-hydroxylation sites is 1. The van der Waals surface area contributed by atoms with Crippen molar-refractivity contribution < 1.29 is 9.90 Å². The summed E-state index contributed by atoms with van der Waals surface area (Å²) in [6, 6.07) is 7.58. The first kappa shape index (κ1) is 13.5. The Morgan fingerprint density at radius 2 is 2.11 bits per heavy atom. The number of hydrogen-bond donors (Lipinski definition) is 2. The molecule has 0 aliphatic heterocycles. The summed E-state index contributed by atoms with van der Waals surface area (Å²) in [5.41, 5.74) is 1.31. The van der Waals surface area contributed by atoms with Gasteiger partial charge in [-0.25, -0.2) is 0 Å². The SMILES string of the molecule is CC(C)C(O)CNC(=O)c1nn(C)c2ccccc12. The van der Waals surface area contributed by atoms with Crippen LogP contribution in [0.25, 0.3) is 10.9 Å². The number of hydrogen-bond acceptors (Lipinski definition) is 3. The maximum absolute atomic E-state index is 12.1. The summed E-state index contributed by atoms with van der Waals surface area (Å²) in [4.78, 5) is 12.1. The van der Waals surface area contributed by atoms with Gasteiger partial charge in [0.15, 0.2) is 5.69 Å². The van der Waals surface area contributed by atoms with E-state index in [1.807, 2.05) is 45.2 Å². The van der Waals surface area contributed by atoms with Gasteiger partial charge in [0.05, 0.1) is 11.6 Å². The lowest BCUT2D eigenvalue weighted by atomic mass is 10.1. The van der Waals surface area contributed by atoms with E-state index in [1.165, 1.54) is 0 Å². The van der Waals surface area contributed by atoms with Crippen molar-refractivity contribution in [3.63, 3.8) is 0 Å². The lowest BCUT2D eigenvalue weighted by molar-refractivity contribution is 0.0868. The molecule has 0 saturated carbocycles. The van der Waals surface area contributed by atoms with E-state index >= 15 is 0 Å². The third-order valence-electron chi connectivity index (χ3n) is 3.21. The average molecular weight is 261 g/mol. The molecule has 1 aromatic heterocycles. The molecular formula is C14H19N3O2. The molecule has 102 valence electrons. The van der Waals surface area contributed by atoms with Gasteiger partial charge in [0.1, 0.15) is 0 Å². The number of nitrogens with zero attached hydrogens (tertiary/aromatic N) is 2. The van der Waals surface area contributed by atoms with Crippen molar-refractivity contribution in [3.8, 4) is 0 Å². The molecule has 5 heteroatoms. The second-order valence-electron chi connectivity index (χ2n) is 5.01. The monoisotopic (exact) mass is 261 g/mol. The first-order valence-electron chi connectivity index (χ1n) is 6.38. The number of amides is 1. The number of aromatic nitrogens is 2. The van der Waals surface area contributed by atoms with Crippen molar-refractivity contribution in [1.82, 2.24) is 15.1 Å². The minimum absolute atomic E-state index is 0.112. The van der Waals surface area contributed by atoms with Crippen LogP contribution < -0.4 is 5.32 Å². The van der Waals surface area contributed by atoms with Gasteiger partial charge in [-0.3, -0.25) is 9.48 Å². The number of fused-ring (bicyclic) bond motifs is 1. The zero-order chi connectivity index (χ0) is 14.0. The Morgan fingerprint density at radius 1 is 1.42 bits per heavy atom. The third kappa shape index (κ3) is 2.76. The van der Waals surface area contributed by atoms with Gasteiger partial charge in [0, 0.05) is 19.0 Å². The van der Waals surface area contributed by atoms with Gasteiger partial charge >= 0.3 is 0 Å². The van der Waals surface area contributed by atoms with Crippen LogP contribution in [0.1, 0.15) is 24.3 Å². The molecule has 0 radical (unpaired) electrons. The zero-order valence-corrected chi connectivity index (χ0v) is 11.4. The molecule has 19 heavy (non-hydrogen) atoms. The van der Waals surface area contributed by atoms with E-state index in [0.717, 1.165) is 10.9 Å². The minimum Gasteiger partial charge on any atom is -0.391 e. The Labute approximate surface area is 112 Å². The number of carbonyl (C=O) groups excluding carboxylic acids is 1. The van der Waals surface area contributed by atoms with Crippen LogP contribution in [0.5, 0.6) is 0 Å². The molecule has 2 rings (SSSR count). The summed E-state index contributed by atoms with van der Waals surface area (Å²) in [5.74, 6) is -0.141. The summed E-state index contributed by atoms with van der Waals surface area (Å²) in [7, 11) is 1.81. The topological polar surface area (TPSA) is 67.2 Å². The van der Waals surface area contributed by atoms with E-state index < -0.39 is 6.10 Å². The Hall–Kier alpha value is -1.88. The molecule has 0 spiro atoms. The fourth-order valence-electron chi connectivity index (χ4n) is 1.90. The van der Waals surface area contributed by atoms with E-state index in [1.54, 1.807) is 4.68 Å². The second-order valence-corrected chi connectivity index (χ2v) is 5.01. The quantitative estimate of drug-likeness (QED) is 0.872. The Kier molecular flexibility index (Phi) is 3.85. The Balaban J connectivity index is 2.18. The van der Waals surface area contributed by atoms with Crippen molar-refractivity contribution in [2.24, 2.45) is 13.0 Å². The van der Waals surface area contributed by atoms with Crippen LogP contribution >= 0.6 is 0 Å². The van der Waals surface area contributed by atoms with Crippen LogP contribution in [-0.2, 0) is 7.05 Å². The molecule has 0 aliphatic carbocycles. The van der Waals surface area contributed by atoms with Crippen LogP contribution in [0.2, 0.25) is 0 Å². The number of nitrogens with one attached hydrogen (secondary N) is 1. The predicted octanol–water partition coefficient (Wildman–Crippen LogP) is 1.32. The Morgan fingerprint density at radius 3 is 2.79 bits per heavy atom. The molecule has 0 fully saturated rings. The van der Waals surface area contributed by atoms with Crippen LogP contribution in [0.15, 0.2) is 24.3 Å². The summed E-state index contributed by atoms with van der Waals surface area (Å²) in [6.45, 7) is 4.06. The fraction of sp³-hybridized carbons (Fsp3) is 0.429. The first-order chi connectivity index (χ1) is 9.00. The third-order valence-corrected chi connectivity index (χ3v) is 3.21. The molecule has 2 N–H and O–H groups in total. The Bertz CT molecular complexity index is 589. The highest BCUT2D eigenvalue weighted by Gasteiger charge is 2.17. The highest BCUT2D eigenvalue weighted by atomic mass is 16.3. The van der Waals surface area contributed by atoms with Gasteiger partial charge in [-0.15, -0.1) is 0 Å². The molecule has 0 saturated heterocycles. The summed E-state index contributed by atoms with van der Waals surface area (Å²) >= 11 is 0. The smallest absolute Gasteiger partial charge is 0.272 e. The summed E-state index contributed by atoms with van der Waals surface area (Å²) in [6.07, 6.45) is -0.543. The maximum atomic E-state index is 12.1. The van der Waals surface area contributed by atoms with Gasteiger partial charge in [-0.05, 0) is 12.0 Å². The van der Waals surface area contributed by atoms with E-state index in [-0.39, 0.29) is 18.4 Å². The molecule has 0 aliphatic rings. The molecule has 1 unspecified atom stereocenters. The highest BCUT2D eigenvalue weighted by molar-refractivity contribution is 6.04. The van der Waals surface area contributed by atoms with Gasteiger partial charge in [0.2, 0.25) is 0 Å². The van der Waals surface area contributed by atoms with E-state index in [9.17, 15) is 9.90 Å². The standard InChI is InChI=1S/C14H19N3O2/c1-9(2)12(18)8-15-14(19)13-10-6-4-5-7-11(10)17(3)16-13/h4-7,9,12,18H,8H2,1-3H3,(H,15,19). The van der Waals surface area contributed by atoms with Crippen LogP contribution in [0.3, 0.4) is 0 Å². The van der Waals surface area contributed by atoms with Crippen molar-refractivity contribution in [2.75, 3.05) is 6.54 Å². The van der Waals surface area contributed by atoms with E-state index in [4.69, 9.17) is 0 Å². The molecular weight excluding hydrogens is 242 g/mol. The normalized spacial score (nSPS) is 12.9. The van der Waals surface area contributed by atoms with Crippen molar-refractivity contribution >= 4 is 16.8 Å². The second kappa shape index (κ2) is 5.40. The van der Waals surface area contributed by atoms with Crippen LogP contribution in [-0.4, -0.2) is 33.4 Å². The number of benzene rings is 1. The molecule has 1 atom stereocenters. The number of aryl methyl sites for hydroxylation is 1.